The molecule has 0 bridgehead atoms. The third-order valence-corrected chi connectivity index (χ3v) is 4.70. The maximum absolute atomic E-state index is 5.90. The average molecular weight is 305 g/mol. The average Bonchev–Trinajstić information content (AvgIpc) is 2.45. The summed E-state index contributed by atoms with van der Waals surface area (Å²) in [5.74, 6) is 0.819. The Kier molecular flexibility index (Phi) is 14.4. The summed E-state index contributed by atoms with van der Waals surface area (Å²) >= 11 is 5.90. The van der Waals surface area contributed by atoms with Crippen molar-refractivity contribution < 1.29 is 4.48 Å². The Morgan fingerprint density at radius 1 is 0.600 bits per heavy atom. The first-order valence-corrected chi connectivity index (χ1v) is 9.61. The molecule has 1 atom stereocenters. The minimum atomic E-state index is 0.819. The summed E-state index contributed by atoms with van der Waals surface area (Å²) < 4.78 is 1.25. The predicted octanol–water partition coefficient (Wildman–Crippen LogP) is 6.00. The van der Waals surface area contributed by atoms with Gasteiger partial charge in [-0.15, -0.1) is 11.6 Å². The van der Waals surface area contributed by atoms with Crippen molar-refractivity contribution in [1.29, 1.82) is 0 Å². The van der Waals surface area contributed by atoms with E-state index in [1.807, 2.05) is 0 Å². The zero-order chi connectivity index (χ0) is 15.1. The molecule has 0 aliphatic rings. The van der Waals surface area contributed by atoms with E-state index in [4.69, 9.17) is 11.6 Å². The van der Waals surface area contributed by atoms with Crippen molar-refractivity contribution in [3.8, 4) is 0 Å². The van der Waals surface area contributed by atoms with Crippen molar-refractivity contribution in [2.75, 3.05) is 32.6 Å². The van der Waals surface area contributed by atoms with Gasteiger partial charge in [-0.05, 0) is 25.7 Å². The summed E-state index contributed by atoms with van der Waals surface area (Å²) in [6, 6.07) is 0. The molecule has 0 amide bonds. The number of unbranched alkanes of at least 4 members (excludes halogenated alkanes) is 8. The van der Waals surface area contributed by atoms with E-state index in [-0.39, 0.29) is 0 Å². The van der Waals surface area contributed by atoms with Crippen molar-refractivity contribution in [3.05, 3.63) is 0 Å². The molecule has 0 aromatic heterocycles. The van der Waals surface area contributed by atoms with Crippen LogP contribution in [-0.2, 0) is 0 Å². The van der Waals surface area contributed by atoms with Crippen LogP contribution in [0.25, 0.3) is 0 Å². The third-order valence-electron chi connectivity index (χ3n) is 4.43. The number of alkyl halides is 1. The molecule has 0 aliphatic carbocycles. The van der Waals surface area contributed by atoms with Crippen molar-refractivity contribution in [2.24, 2.45) is 0 Å². The van der Waals surface area contributed by atoms with E-state index in [2.05, 4.69) is 20.9 Å². The minimum absolute atomic E-state index is 0.819. The lowest BCUT2D eigenvalue weighted by molar-refractivity contribution is -0.910. The van der Waals surface area contributed by atoms with Crippen LogP contribution in [0.15, 0.2) is 0 Å². The Hall–Kier alpha value is 0.250. The Bertz CT molecular complexity index is 196. The molecule has 0 aromatic carbocycles. The molecule has 0 heterocycles. The molecule has 0 aliphatic heterocycles. The minimum Gasteiger partial charge on any atom is -0.326 e. The van der Waals surface area contributed by atoms with Gasteiger partial charge in [0, 0.05) is 12.3 Å². The van der Waals surface area contributed by atoms with Crippen LogP contribution in [0, 0.1) is 0 Å². The van der Waals surface area contributed by atoms with E-state index < -0.39 is 0 Å². The molecular formula is C18H39ClN+. The normalized spacial score (nSPS) is 14.4. The predicted molar refractivity (Wildman–Crippen MR) is 93.6 cm³/mol. The third kappa shape index (κ3) is 12.0. The Labute approximate surface area is 133 Å². The number of hydrogen-bond donors (Lipinski definition) is 0. The summed E-state index contributed by atoms with van der Waals surface area (Å²) in [4.78, 5) is 0. The first kappa shape index (κ1) is 20.2. The lowest BCUT2D eigenvalue weighted by Crippen LogP contribution is -2.46. The van der Waals surface area contributed by atoms with Gasteiger partial charge in [0.05, 0.1) is 26.7 Å². The largest absolute Gasteiger partial charge is 0.326 e. The monoisotopic (exact) mass is 304 g/mol. The van der Waals surface area contributed by atoms with Crippen molar-refractivity contribution in [3.63, 3.8) is 0 Å². The molecule has 0 saturated carbocycles. The smallest absolute Gasteiger partial charge is 0.0796 e. The van der Waals surface area contributed by atoms with Crippen LogP contribution in [0.5, 0.6) is 0 Å². The number of nitrogens with zero attached hydrogens (tertiary/aromatic N) is 1. The van der Waals surface area contributed by atoms with E-state index in [0.29, 0.717) is 0 Å². The van der Waals surface area contributed by atoms with Gasteiger partial charge in [0.1, 0.15) is 0 Å². The van der Waals surface area contributed by atoms with E-state index >= 15 is 0 Å². The quantitative estimate of drug-likeness (QED) is 0.198. The fourth-order valence-corrected chi connectivity index (χ4v) is 3.09. The summed E-state index contributed by atoms with van der Waals surface area (Å²) in [6.45, 7) is 8.56. The molecule has 0 radical (unpaired) electrons. The van der Waals surface area contributed by atoms with Gasteiger partial charge >= 0.3 is 0 Å². The van der Waals surface area contributed by atoms with Crippen molar-refractivity contribution in [2.45, 2.75) is 84.5 Å². The van der Waals surface area contributed by atoms with Crippen LogP contribution in [0.4, 0.5) is 0 Å². The Morgan fingerprint density at radius 2 is 1.00 bits per heavy atom. The number of halogens is 1. The van der Waals surface area contributed by atoms with E-state index in [1.165, 1.54) is 94.7 Å². The summed E-state index contributed by atoms with van der Waals surface area (Å²) in [5, 5.41) is 0. The lowest BCUT2D eigenvalue weighted by atomic mass is 10.1. The van der Waals surface area contributed by atoms with Crippen molar-refractivity contribution >= 4 is 11.6 Å². The molecule has 2 heteroatoms. The van der Waals surface area contributed by atoms with Gasteiger partial charge in [0.15, 0.2) is 0 Å². The molecule has 0 N–H and O–H groups in total. The highest BCUT2D eigenvalue weighted by Gasteiger charge is 2.19. The van der Waals surface area contributed by atoms with Gasteiger partial charge in [0.2, 0.25) is 0 Å². The van der Waals surface area contributed by atoms with Crippen LogP contribution >= 0.6 is 11.6 Å². The van der Waals surface area contributed by atoms with Crippen molar-refractivity contribution in [1.82, 2.24) is 0 Å². The number of quaternary nitrogens is 1. The van der Waals surface area contributed by atoms with E-state index in [0.717, 1.165) is 5.88 Å². The zero-order valence-corrected chi connectivity index (χ0v) is 15.2. The molecule has 0 aromatic rings. The molecule has 20 heavy (non-hydrogen) atoms. The Morgan fingerprint density at radius 3 is 1.50 bits per heavy atom. The molecule has 122 valence electrons. The second kappa shape index (κ2) is 14.2. The van der Waals surface area contributed by atoms with E-state index in [9.17, 15) is 0 Å². The van der Waals surface area contributed by atoms with Gasteiger partial charge in [-0.2, -0.15) is 0 Å². The highest BCUT2D eigenvalue weighted by Crippen LogP contribution is 2.14. The zero-order valence-electron chi connectivity index (χ0n) is 14.4. The summed E-state index contributed by atoms with van der Waals surface area (Å²) in [5.41, 5.74) is 0. The molecule has 0 fully saturated rings. The summed E-state index contributed by atoms with van der Waals surface area (Å²) in [7, 11) is 2.45. The Balaban J connectivity index is 3.85. The fraction of sp³-hybridized carbons (Fsp3) is 1.00. The number of hydrogen-bond acceptors (Lipinski definition) is 0. The molecule has 0 saturated heterocycles. The van der Waals surface area contributed by atoms with Crippen LogP contribution < -0.4 is 0 Å². The van der Waals surface area contributed by atoms with E-state index in [1.54, 1.807) is 0 Å². The fourth-order valence-electron chi connectivity index (χ4n) is 2.97. The van der Waals surface area contributed by atoms with Gasteiger partial charge in [-0.1, -0.05) is 52.4 Å². The topological polar surface area (TPSA) is 0 Å². The van der Waals surface area contributed by atoms with Gasteiger partial charge < -0.3 is 4.48 Å². The molecule has 0 rings (SSSR count). The SMILES string of the molecule is CCCCCCCC[N+](C)(CCCCl)CCCCCC. The lowest BCUT2D eigenvalue weighted by Gasteiger charge is -2.35. The maximum atomic E-state index is 5.90. The van der Waals surface area contributed by atoms with Crippen LogP contribution in [0.3, 0.4) is 0 Å². The molecule has 1 unspecified atom stereocenters. The first-order chi connectivity index (χ1) is 9.68. The van der Waals surface area contributed by atoms with Crippen LogP contribution in [0.1, 0.15) is 84.5 Å². The van der Waals surface area contributed by atoms with Crippen LogP contribution in [-0.4, -0.2) is 37.0 Å². The number of rotatable bonds is 15. The van der Waals surface area contributed by atoms with Gasteiger partial charge in [0.25, 0.3) is 0 Å². The molecule has 0 spiro atoms. The maximum Gasteiger partial charge on any atom is 0.0796 e. The molecular weight excluding hydrogens is 266 g/mol. The second-order valence-corrected chi connectivity index (χ2v) is 7.04. The standard InChI is InChI=1S/C18H39ClN/c1-4-6-8-10-11-13-17-20(3,18-14-15-19)16-12-9-7-5-2/h4-18H2,1-3H3/q+1. The highest BCUT2D eigenvalue weighted by atomic mass is 35.5. The van der Waals surface area contributed by atoms with Crippen LogP contribution in [0.2, 0.25) is 0 Å². The molecule has 1 nitrogen and oxygen atoms in total. The second-order valence-electron chi connectivity index (χ2n) is 6.66. The summed E-state index contributed by atoms with van der Waals surface area (Å²) in [6.07, 6.45) is 15.1. The first-order valence-electron chi connectivity index (χ1n) is 9.08. The highest BCUT2D eigenvalue weighted by molar-refractivity contribution is 6.17. The van der Waals surface area contributed by atoms with Gasteiger partial charge in [-0.25, -0.2) is 0 Å². The van der Waals surface area contributed by atoms with Gasteiger partial charge in [-0.3, -0.25) is 0 Å².